The highest BCUT2D eigenvalue weighted by Gasteiger charge is 2.36. The van der Waals surface area contributed by atoms with Crippen LogP contribution in [0.4, 0.5) is 11.9 Å². The van der Waals surface area contributed by atoms with Crippen molar-refractivity contribution in [1.82, 2.24) is 34.4 Å². The number of unbranched alkanes of at least 4 members (excludes halogenated alkanes) is 1. The number of carbonyl (C=O) groups excluding carboxylic acids is 1. The molecular weight excluding hydrogens is 422 g/mol. The van der Waals surface area contributed by atoms with Crippen LogP contribution in [0.25, 0.3) is 17.4 Å². The molecule has 1 amide bonds. The van der Waals surface area contributed by atoms with Gasteiger partial charge in [-0.1, -0.05) is 19.8 Å². The van der Waals surface area contributed by atoms with Crippen LogP contribution in [0.5, 0.6) is 0 Å². The Labute approximate surface area is 192 Å². The summed E-state index contributed by atoms with van der Waals surface area (Å²) in [5.41, 5.74) is 6.13. The monoisotopic (exact) mass is 453 g/mol. The van der Waals surface area contributed by atoms with Gasteiger partial charge in [-0.15, -0.1) is 5.10 Å². The molecule has 0 spiro atoms. The van der Waals surface area contributed by atoms with Crippen LogP contribution in [0, 0.1) is 5.92 Å². The van der Waals surface area contributed by atoms with Crippen LogP contribution in [0.1, 0.15) is 39.0 Å². The molecule has 1 saturated heterocycles. The number of amides is 1. The van der Waals surface area contributed by atoms with Crippen molar-refractivity contribution in [2.45, 2.75) is 45.1 Å². The molecule has 3 aromatic rings. The first kappa shape index (κ1) is 21.6. The number of nitrogens with two attached hydrogens (primary N) is 1. The minimum absolute atomic E-state index is 0.120. The van der Waals surface area contributed by atoms with Crippen LogP contribution in [-0.4, -0.2) is 79.0 Å². The number of hydrogen-bond donors (Lipinski definition) is 2. The molecule has 4 heterocycles. The molecule has 5 rings (SSSR count). The number of aromatic nitrogens is 5. The number of rotatable bonds is 8. The molecular formula is C22H31N9O2. The van der Waals surface area contributed by atoms with Gasteiger partial charge in [0.25, 0.3) is 5.78 Å². The highest BCUT2D eigenvalue weighted by Crippen LogP contribution is 2.32. The third-order valence-corrected chi connectivity index (χ3v) is 6.66. The van der Waals surface area contributed by atoms with Crippen molar-refractivity contribution in [1.29, 1.82) is 0 Å². The average Bonchev–Trinajstić information content (AvgIpc) is 3.46. The van der Waals surface area contributed by atoms with E-state index in [9.17, 15) is 4.79 Å². The molecule has 3 N–H and O–H groups in total. The maximum Gasteiger partial charge on any atom is 0.259 e. The van der Waals surface area contributed by atoms with E-state index in [2.05, 4.69) is 37.2 Å². The highest BCUT2D eigenvalue weighted by atomic mass is 16.3. The van der Waals surface area contributed by atoms with Gasteiger partial charge in [0.2, 0.25) is 23.6 Å². The second-order valence-electron chi connectivity index (χ2n) is 8.86. The van der Waals surface area contributed by atoms with Crippen molar-refractivity contribution in [3.63, 3.8) is 0 Å². The Morgan fingerprint density at radius 2 is 2.06 bits per heavy atom. The van der Waals surface area contributed by atoms with E-state index in [1.165, 1.54) is 17.4 Å². The molecule has 1 aliphatic carbocycles. The Balaban J connectivity index is 1.32. The van der Waals surface area contributed by atoms with Crippen LogP contribution in [0.15, 0.2) is 22.8 Å². The van der Waals surface area contributed by atoms with Gasteiger partial charge in [0, 0.05) is 26.2 Å². The van der Waals surface area contributed by atoms with E-state index in [0.717, 1.165) is 52.0 Å². The molecule has 0 aromatic carbocycles. The van der Waals surface area contributed by atoms with Gasteiger partial charge < -0.3 is 20.4 Å². The maximum atomic E-state index is 13.5. The van der Waals surface area contributed by atoms with E-state index in [1.54, 1.807) is 18.4 Å². The summed E-state index contributed by atoms with van der Waals surface area (Å²) in [6, 6.07) is 3.17. The van der Waals surface area contributed by atoms with Crippen molar-refractivity contribution >= 4 is 23.6 Å². The third kappa shape index (κ3) is 4.50. The standard InChI is InChI=1S/C22H31N9O2/c1-2-3-9-29-10-12-30(13-11-29)19(32)17(15-6-4-7-15)24-21-26-20(23)31-22(27-21)25-18(28-31)16-8-5-14-33-16/h5,8,14-15,17H,2-4,6-7,9-13H2,1H3,(H3,23,24,25,26,27,28)/t17-/m0/s1. The lowest BCUT2D eigenvalue weighted by Gasteiger charge is -2.40. The molecule has 3 aromatic heterocycles. The minimum Gasteiger partial charge on any atom is -0.461 e. The molecule has 2 aliphatic rings. The number of nitrogens with one attached hydrogen (secondary N) is 1. The Bertz CT molecular complexity index is 1080. The smallest absolute Gasteiger partial charge is 0.259 e. The topological polar surface area (TPSA) is 131 Å². The van der Waals surface area contributed by atoms with Crippen LogP contribution in [0.3, 0.4) is 0 Å². The van der Waals surface area contributed by atoms with E-state index in [1.807, 2.05) is 4.90 Å². The lowest BCUT2D eigenvalue weighted by Crippen LogP contribution is -2.55. The van der Waals surface area contributed by atoms with Crippen LogP contribution in [-0.2, 0) is 4.79 Å². The Morgan fingerprint density at radius 3 is 2.73 bits per heavy atom. The zero-order valence-corrected chi connectivity index (χ0v) is 19.0. The number of carbonyl (C=O) groups is 1. The highest BCUT2D eigenvalue weighted by molar-refractivity contribution is 5.85. The minimum atomic E-state index is -0.366. The molecule has 0 bridgehead atoms. The first-order chi connectivity index (χ1) is 16.1. The number of fused-ring (bicyclic) bond motifs is 1. The van der Waals surface area contributed by atoms with E-state index < -0.39 is 0 Å². The second-order valence-corrected chi connectivity index (χ2v) is 8.86. The lowest BCUT2D eigenvalue weighted by molar-refractivity contribution is -0.135. The summed E-state index contributed by atoms with van der Waals surface area (Å²) in [6.45, 7) is 6.67. The van der Waals surface area contributed by atoms with Gasteiger partial charge in [0.1, 0.15) is 6.04 Å². The van der Waals surface area contributed by atoms with E-state index in [0.29, 0.717) is 23.3 Å². The summed E-state index contributed by atoms with van der Waals surface area (Å²) in [5, 5.41) is 7.62. The van der Waals surface area contributed by atoms with Gasteiger partial charge in [-0.2, -0.15) is 19.5 Å². The van der Waals surface area contributed by atoms with Crippen LogP contribution >= 0.6 is 0 Å². The number of nitrogen functional groups attached to an aromatic ring is 1. The van der Waals surface area contributed by atoms with E-state index in [4.69, 9.17) is 10.2 Å². The van der Waals surface area contributed by atoms with Gasteiger partial charge in [-0.05, 0) is 43.9 Å². The fourth-order valence-electron chi connectivity index (χ4n) is 4.44. The van der Waals surface area contributed by atoms with Crippen molar-refractivity contribution in [2.75, 3.05) is 43.8 Å². The molecule has 0 radical (unpaired) electrons. The molecule has 33 heavy (non-hydrogen) atoms. The Kier molecular flexibility index (Phi) is 6.12. The van der Waals surface area contributed by atoms with Crippen molar-refractivity contribution in [2.24, 2.45) is 5.92 Å². The number of piperazine rings is 1. The van der Waals surface area contributed by atoms with Gasteiger partial charge in [0.15, 0.2) is 5.76 Å². The third-order valence-electron chi connectivity index (χ3n) is 6.66. The van der Waals surface area contributed by atoms with Gasteiger partial charge in [-0.25, -0.2) is 0 Å². The van der Waals surface area contributed by atoms with E-state index >= 15 is 0 Å². The summed E-state index contributed by atoms with van der Waals surface area (Å²) >= 11 is 0. The Morgan fingerprint density at radius 1 is 1.24 bits per heavy atom. The average molecular weight is 454 g/mol. The summed E-state index contributed by atoms with van der Waals surface area (Å²) in [6.07, 6.45) is 7.12. The second kappa shape index (κ2) is 9.34. The molecule has 1 atom stereocenters. The van der Waals surface area contributed by atoms with Crippen LogP contribution < -0.4 is 11.1 Å². The molecule has 11 heteroatoms. The fourth-order valence-corrected chi connectivity index (χ4v) is 4.44. The molecule has 176 valence electrons. The maximum absolute atomic E-state index is 13.5. The molecule has 2 fully saturated rings. The van der Waals surface area contributed by atoms with Gasteiger partial charge >= 0.3 is 0 Å². The van der Waals surface area contributed by atoms with Crippen molar-refractivity contribution < 1.29 is 9.21 Å². The van der Waals surface area contributed by atoms with E-state index in [-0.39, 0.29) is 23.8 Å². The normalized spacial score (nSPS) is 18.4. The lowest BCUT2D eigenvalue weighted by atomic mass is 9.79. The first-order valence-corrected chi connectivity index (χ1v) is 11.8. The molecule has 11 nitrogen and oxygen atoms in total. The summed E-state index contributed by atoms with van der Waals surface area (Å²) in [4.78, 5) is 31.2. The number of anilines is 2. The van der Waals surface area contributed by atoms with Crippen molar-refractivity contribution in [3.05, 3.63) is 18.4 Å². The summed E-state index contributed by atoms with van der Waals surface area (Å²) in [7, 11) is 0. The first-order valence-electron chi connectivity index (χ1n) is 11.8. The van der Waals surface area contributed by atoms with Crippen LogP contribution in [0.2, 0.25) is 0 Å². The number of furan rings is 1. The summed E-state index contributed by atoms with van der Waals surface area (Å²) in [5.74, 6) is 2.05. The quantitative estimate of drug-likeness (QED) is 0.525. The zero-order chi connectivity index (χ0) is 22.8. The number of nitrogens with zero attached hydrogens (tertiary/aromatic N) is 7. The SMILES string of the molecule is CCCCN1CCN(C(=O)[C@@H](Nc2nc(N)n3nc(-c4ccco4)nc3n2)C2CCC2)CC1. The zero-order valence-electron chi connectivity index (χ0n) is 19.0. The summed E-state index contributed by atoms with van der Waals surface area (Å²) < 4.78 is 6.74. The molecule has 0 unspecified atom stereocenters. The number of hydrogen-bond acceptors (Lipinski definition) is 9. The largest absolute Gasteiger partial charge is 0.461 e. The van der Waals surface area contributed by atoms with Gasteiger partial charge in [0.05, 0.1) is 6.26 Å². The predicted octanol–water partition coefficient (Wildman–Crippen LogP) is 1.89. The molecule has 1 saturated carbocycles. The Hall–Kier alpha value is -3.21. The van der Waals surface area contributed by atoms with Crippen molar-refractivity contribution in [3.8, 4) is 11.6 Å². The molecule has 1 aliphatic heterocycles. The fraction of sp³-hybridized carbons (Fsp3) is 0.591. The van der Waals surface area contributed by atoms with Gasteiger partial charge in [-0.3, -0.25) is 9.69 Å². The predicted molar refractivity (Wildman–Crippen MR) is 123 cm³/mol.